The van der Waals surface area contributed by atoms with Crippen LogP contribution in [0.5, 0.6) is 0 Å². The normalized spacial score (nSPS) is 27.5. The maximum atomic E-state index is 13.0. The molecule has 2 saturated heterocycles. The first-order valence-corrected chi connectivity index (χ1v) is 8.27. The lowest BCUT2D eigenvalue weighted by Crippen LogP contribution is -2.63. The van der Waals surface area contributed by atoms with Crippen molar-refractivity contribution in [3.05, 3.63) is 0 Å². The standard InChI is InChI=1S/C16H29N3O3/c1-15(2,3)19-11-7-8-16(12-19,22-14(17)21)13(20)18-9-5-4-6-10-18/h4-12H2,1-3H3,(H2,17,21). The number of likely N-dealkylation sites (tertiary alicyclic amines) is 2. The fraction of sp³-hybridized carbons (Fsp3) is 0.875. The fourth-order valence-electron chi connectivity index (χ4n) is 3.47. The van der Waals surface area contributed by atoms with Crippen molar-refractivity contribution in [3.8, 4) is 0 Å². The van der Waals surface area contributed by atoms with Gasteiger partial charge in [0.05, 0.1) is 0 Å². The molecule has 0 aromatic heterocycles. The van der Waals surface area contributed by atoms with Crippen molar-refractivity contribution in [2.45, 2.75) is 64.0 Å². The van der Waals surface area contributed by atoms with E-state index in [1.807, 2.05) is 4.90 Å². The molecular formula is C16H29N3O3. The Kier molecular flexibility index (Phi) is 5.00. The molecule has 2 N–H and O–H groups in total. The Balaban J connectivity index is 2.22. The van der Waals surface area contributed by atoms with Crippen LogP contribution in [0.1, 0.15) is 52.9 Å². The van der Waals surface area contributed by atoms with Gasteiger partial charge in [0.1, 0.15) is 0 Å². The molecule has 2 aliphatic rings. The van der Waals surface area contributed by atoms with Gasteiger partial charge in [-0.2, -0.15) is 0 Å². The summed E-state index contributed by atoms with van der Waals surface area (Å²) in [5.41, 5.74) is 4.09. The van der Waals surface area contributed by atoms with Gasteiger partial charge in [0, 0.05) is 25.2 Å². The summed E-state index contributed by atoms with van der Waals surface area (Å²) in [4.78, 5) is 28.5. The molecule has 0 aliphatic carbocycles. The highest BCUT2D eigenvalue weighted by molar-refractivity contribution is 5.88. The summed E-state index contributed by atoms with van der Waals surface area (Å²) in [5, 5.41) is 0. The summed E-state index contributed by atoms with van der Waals surface area (Å²) in [6.07, 6.45) is 3.70. The lowest BCUT2D eigenvalue weighted by atomic mass is 9.87. The number of carbonyl (C=O) groups excluding carboxylic acids is 2. The zero-order chi connectivity index (χ0) is 16.4. The van der Waals surface area contributed by atoms with Crippen LogP contribution in [0, 0.1) is 0 Å². The number of hydrogen-bond donors (Lipinski definition) is 1. The molecule has 6 nitrogen and oxygen atoms in total. The van der Waals surface area contributed by atoms with Gasteiger partial charge in [0.15, 0.2) is 0 Å². The third-order valence-corrected chi connectivity index (χ3v) is 4.73. The predicted molar refractivity (Wildman–Crippen MR) is 84.4 cm³/mol. The quantitative estimate of drug-likeness (QED) is 0.842. The molecule has 2 amide bonds. The Morgan fingerprint density at radius 2 is 1.68 bits per heavy atom. The molecule has 2 aliphatic heterocycles. The zero-order valence-electron chi connectivity index (χ0n) is 14.1. The molecule has 22 heavy (non-hydrogen) atoms. The van der Waals surface area contributed by atoms with Crippen molar-refractivity contribution >= 4 is 12.0 Å². The Morgan fingerprint density at radius 3 is 2.23 bits per heavy atom. The molecule has 1 atom stereocenters. The monoisotopic (exact) mass is 311 g/mol. The number of hydrogen-bond acceptors (Lipinski definition) is 4. The number of piperidine rings is 2. The van der Waals surface area contributed by atoms with E-state index in [0.29, 0.717) is 13.0 Å². The number of primary amides is 1. The van der Waals surface area contributed by atoms with Crippen LogP contribution in [0.3, 0.4) is 0 Å². The number of nitrogens with two attached hydrogens (primary N) is 1. The van der Waals surface area contributed by atoms with Crippen LogP contribution in [0.2, 0.25) is 0 Å². The summed E-state index contributed by atoms with van der Waals surface area (Å²) >= 11 is 0. The summed E-state index contributed by atoms with van der Waals surface area (Å²) < 4.78 is 5.43. The van der Waals surface area contributed by atoms with Crippen molar-refractivity contribution in [1.29, 1.82) is 0 Å². The van der Waals surface area contributed by atoms with Crippen LogP contribution in [-0.4, -0.2) is 59.1 Å². The van der Waals surface area contributed by atoms with Gasteiger partial charge in [-0.3, -0.25) is 9.69 Å². The topological polar surface area (TPSA) is 75.9 Å². The predicted octanol–water partition coefficient (Wildman–Crippen LogP) is 1.73. The molecule has 2 fully saturated rings. The average Bonchev–Trinajstić information content (AvgIpc) is 2.46. The largest absolute Gasteiger partial charge is 0.432 e. The Morgan fingerprint density at radius 1 is 1.05 bits per heavy atom. The maximum Gasteiger partial charge on any atom is 0.405 e. The smallest absolute Gasteiger partial charge is 0.405 e. The van der Waals surface area contributed by atoms with E-state index in [0.717, 1.165) is 45.3 Å². The molecular weight excluding hydrogens is 282 g/mol. The molecule has 0 saturated carbocycles. The van der Waals surface area contributed by atoms with Gasteiger partial charge in [-0.05, 0) is 59.4 Å². The lowest BCUT2D eigenvalue weighted by Gasteiger charge is -2.47. The van der Waals surface area contributed by atoms with Crippen LogP contribution in [0.25, 0.3) is 0 Å². The molecule has 2 rings (SSSR count). The van der Waals surface area contributed by atoms with Crippen LogP contribution >= 0.6 is 0 Å². The van der Waals surface area contributed by atoms with Gasteiger partial charge in [0.25, 0.3) is 5.91 Å². The number of carbonyl (C=O) groups is 2. The van der Waals surface area contributed by atoms with Crippen LogP contribution < -0.4 is 5.73 Å². The van der Waals surface area contributed by atoms with E-state index in [9.17, 15) is 9.59 Å². The summed E-state index contributed by atoms with van der Waals surface area (Å²) in [6.45, 7) is 9.15. The van der Waals surface area contributed by atoms with E-state index in [4.69, 9.17) is 10.5 Å². The first kappa shape index (κ1) is 17.1. The summed E-state index contributed by atoms with van der Waals surface area (Å²) in [5.74, 6) is -0.0695. The van der Waals surface area contributed by atoms with Crippen molar-refractivity contribution in [3.63, 3.8) is 0 Å². The lowest BCUT2D eigenvalue weighted by molar-refractivity contribution is -0.160. The Bertz CT molecular complexity index is 427. The molecule has 0 bridgehead atoms. The molecule has 0 aromatic rings. The van der Waals surface area contributed by atoms with Crippen molar-refractivity contribution in [1.82, 2.24) is 9.80 Å². The highest BCUT2D eigenvalue weighted by Gasteiger charge is 2.49. The van der Waals surface area contributed by atoms with Crippen molar-refractivity contribution < 1.29 is 14.3 Å². The summed E-state index contributed by atoms with van der Waals surface area (Å²) in [6, 6.07) is 0. The van der Waals surface area contributed by atoms with Crippen molar-refractivity contribution in [2.24, 2.45) is 5.73 Å². The van der Waals surface area contributed by atoms with E-state index in [1.165, 1.54) is 0 Å². The summed E-state index contributed by atoms with van der Waals surface area (Å²) in [7, 11) is 0. The van der Waals surface area contributed by atoms with Crippen molar-refractivity contribution in [2.75, 3.05) is 26.2 Å². The molecule has 0 aromatic carbocycles. The van der Waals surface area contributed by atoms with Crippen LogP contribution in [-0.2, 0) is 9.53 Å². The molecule has 0 radical (unpaired) electrons. The minimum absolute atomic E-state index is 0.0695. The fourth-order valence-corrected chi connectivity index (χ4v) is 3.47. The first-order valence-electron chi connectivity index (χ1n) is 8.27. The minimum atomic E-state index is -1.12. The molecule has 6 heteroatoms. The molecule has 0 spiro atoms. The second-order valence-electron chi connectivity index (χ2n) is 7.46. The Hall–Kier alpha value is -1.30. The maximum absolute atomic E-state index is 13.0. The zero-order valence-corrected chi connectivity index (χ0v) is 14.1. The van der Waals surface area contributed by atoms with Gasteiger partial charge < -0.3 is 15.4 Å². The second-order valence-corrected chi connectivity index (χ2v) is 7.46. The third-order valence-electron chi connectivity index (χ3n) is 4.73. The third kappa shape index (κ3) is 3.72. The Labute approximate surface area is 132 Å². The highest BCUT2D eigenvalue weighted by Crippen LogP contribution is 2.32. The second kappa shape index (κ2) is 6.44. The molecule has 2 heterocycles. The van der Waals surface area contributed by atoms with E-state index in [1.54, 1.807) is 0 Å². The number of amides is 2. The van der Waals surface area contributed by atoms with Crippen LogP contribution in [0.15, 0.2) is 0 Å². The van der Waals surface area contributed by atoms with Gasteiger partial charge in [-0.1, -0.05) is 0 Å². The van der Waals surface area contributed by atoms with Gasteiger partial charge in [-0.25, -0.2) is 4.79 Å². The van der Waals surface area contributed by atoms with Gasteiger partial charge >= 0.3 is 6.09 Å². The number of rotatable bonds is 2. The van der Waals surface area contributed by atoms with E-state index < -0.39 is 11.7 Å². The highest BCUT2D eigenvalue weighted by atomic mass is 16.6. The van der Waals surface area contributed by atoms with E-state index >= 15 is 0 Å². The molecule has 1 unspecified atom stereocenters. The van der Waals surface area contributed by atoms with E-state index in [2.05, 4.69) is 25.7 Å². The van der Waals surface area contributed by atoms with Gasteiger partial charge in [0.2, 0.25) is 5.60 Å². The van der Waals surface area contributed by atoms with Crippen LogP contribution in [0.4, 0.5) is 4.79 Å². The minimum Gasteiger partial charge on any atom is -0.432 e. The average molecular weight is 311 g/mol. The number of nitrogens with zero attached hydrogens (tertiary/aromatic N) is 2. The number of ether oxygens (including phenoxy) is 1. The van der Waals surface area contributed by atoms with E-state index in [-0.39, 0.29) is 11.4 Å². The first-order chi connectivity index (χ1) is 10.2. The van der Waals surface area contributed by atoms with Gasteiger partial charge in [-0.15, -0.1) is 0 Å². The SMILES string of the molecule is CC(C)(C)N1CCCC(OC(N)=O)(C(=O)N2CCCCC2)C1. The molecule has 126 valence electrons.